The van der Waals surface area contributed by atoms with Gasteiger partial charge in [0.25, 0.3) is 0 Å². The van der Waals surface area contributed by atoms with Crippen molar-refractivity contribution in [2.24, 2.45) is 0 Å². The van der Waals surface area contributed by atoms with E-state index >= 15 is 0 Å². The van der Waals surface area contributed by atoms with Crippen LogP contribution < -0.4 is 5.32 Å². The molecule has 1 rings (SSSR count). The quantitative estimate of drug-likeness (QED) is 0.608. The highest BCUT2D eigenvalue weighted by molar-refractivity contribution is 5.14. The molecule has 1 N–H and O–H groups in total. The van der Waals surface area contributed by atoms with Crippen LogP contribution in [0.15, 0.2) is 30.3 Å². The lowest BCUT2D eigenvalue weighted by molar-refractivity contribution is 0.0254. The molecule has 0 aromatic heterocycles. The summed E-state index contributed by atoms with van der Waals surface area (Å²) >= 11 is 0. The molecule has 0 aliphatic heterocycles. The van der Waals surface area contributed by atoms with Crippen molar-refractivity contribution in [3.8, 4) is 0 Å². The van der Waals surface area contributed by atoms with E-state index in [1.54, 1.807) is 0 Å². The Morgan fingerprint density at radius 2 is 1.76 bits per heavy atom. The van der Waals surface area contributed by atoms with E-state index in [2.05, 4.69) is 56.4 Å². The molecule has 1 aromatic rings. The van der Waals surface area contributed by atoms with Crippen LogP contribution in [-0.2, 0) is 11.2 Å². The Kier molecular flexibility index (Phi) is 10.2. The van der Waals surface area contributed by atoms with Gasteiger partial charge >= 0.3 is 0 Å². The molecular formula is C19H33NO. The van der Waals surface area contributed by atoms with Crippen LogP contribution in [0.2, 0.25) is 0 Å². The number of ether oxygens (including phenoxy) is 1. The van der Waals surface area contributed by atoms with Gasteiger partial charge in [0.15, 0.2) is 0 Å². The minimum Gasteiger partial charge on any atom is -0.377 e. The van der Waals surface area contributed by atoms with E-state index in [1.165, 1.54) is 31.2 Å². The lowest BCUT2D eigenvalue weighted by Crippen LogP contribution is -2.42. The Labute approximate surface area is 131 Å². The van der Waals surface area contributed by atoms with Crippen molar-refractivity contribution in [3.63, 3.8) is 0 Å². The average Bonchev–Trinajstić information content (AvgIpc) is 2.51. The van der Waals surface area contributed by atoms with Gasteiger partial charge < -0.3 is 10.1 Å². The largest absolute Gasteiger partial charge is 0.377 e. The highest BCUT2D eigenvalue weighted by Gasteiger charge is 2.20. The van der Waals surface area contributed by atoms with Gasteiger partial charge in [-0.25, -0.2) is 0 Å². The van der Waals surface area contributed by atoms with Crippen molar-refractivity contribution in [1.29, 1.82) is 0 Å². The van der Waals surface area contributed by atoms with Crippen LogP contribution in [0.4, 0.5) is 0 Å². The fraction of sp³-hybridized carbons (Fsp3) is 0.684. The smallest absolute Gasteiger partial charge is 0.0727 e. The molecule has 0 heterocycles. The Morgan fingerprint density at radius 1 is 1.00 bits per heavy atom. The molecule has 2 atom stereocenters. The monoisotopic (exact) mass is 291 g/mol. The zero-order chi connectivity index (χ0) is 15.3. The van der Waals surface area contributed by atoms with Crippen LogP contribution in [0.5, 0.6) is 0 Å². The molecule has 0 fully saturated rings. The summed E-state index contributed by atoms with van der Waals surface area (Å²) in [6.45, 7) is 8.47. The molecule has 21 heavy (non-hydrogen) atoms. The summed E-state index contributed by atoms with van der Waals surface area (Å²) in [6.07, 6.45) is 7.46. The number of hydrogen-bond acceptors (Lipinski definition) is 2. The predicted molar refractivity (Wildman–Crippen MR) is 91.8 cm³/mol. The molecule has 120 valence electrons. The first-order valence-electron chi connectivity index (χ1n) is 8.70. The maximum absolute atomic E-state index is 5.98. The van der Waals surface area contributed by atoms with Crippen LogP contribution in [0.25, 0.3) is 0 Å². The van der Waals surface area contributed by atoms with Crippen LogP contribution in [0.3, 0.4) is 0 Å². The van der Waals surface area contributed by atoms with Crippen molar-refractivity contribution < 1.29 is 4.74 Å². The van der Waals surface area contributed by atoms with E-state index in [0.29, 0.717) is 12.1 Å². The maximum Gasteiger partial charge on any atom is 0.0727 e. The third-order valence-corrected chi connectivity index (χ3v) is 3.88. The highest BCUT2D eigenvalue weighted by atomic mass is 16.5. The molecule has 0 saturated carbocycles. The van der Waals surface area contributed by atoms with Gasteiger partial charge in [0.05, 0.1) is 6.10 Å². The number of rotatable bonds is 12. The molecule has 2 nitrogen and oxygen atoms in total. The SMILES string of the molecule is CCCNC(CCCc1ccccc1)C(CCC)OCC. The molecular weight excluding hydrogens is 258 g/mol. The van der Waals surface area contributed by atoms with Crippen LogP contribution >= 0.6 is 0 Å². The minimum absolute atomic E-state index is 0.363. The molecule has 0 spiro atoms. The second kappa shape index (κ2) is 11.8. The standard InChI is InChI=1S/C19H33NO/c1-4-11-19(21-6-3)18(20-16-5-2)15-10-14-17-12-8-7-9-13-17/h7-9,12-13,18-20H,4-6,10-11,14-16H2,1-3H3. The second-order valence-electron chi connectivity index (χ2n) is 5.72. The van der Waals surface area contributed by atoms with E-state index < -0.39 is 0 Å². The normalized spacial score (nSPS) is 14.0. The molecule has 0 aliphatic carbocycles. The van der Waals surface area contributed by atoms with Gasteiger partial charge in [0, 0.05) is 12.6 Å². The van der Waals surface area contributed by atoms with Crippen molar-refractivity contribution in [2.45, 2.75) is 71.4 Å². The molecule has 0 bridgehead atoms. The predicted octanol–water partition coefficient (Wildman–Crippen LogP) is 4.58. The van der Waals surface area contributed by atoms with Crippen molar-refractivity contribution in [2.75, 3.05) is 13.2 Å². The van der Waals surface area contributed by atoms with Crippen molar-refractivity contribution in [1.82, 2.24) is 5.32 Å². The first-order chi connectivity index (χ1) is 10.3. The van der Waals surface area contributed by atoms with E-state index in [-0.39, 0.29) is 0 Å². The summed E-state index contributed by atoms with van der Waals surface area (Å²) < 4.78 is 5.98. The minimum atomic E-state index is 0.363. The summed E-state index contributed by atoms with van der Waals surface area (Å²) in [5, 5.41) is 3.70. The zero-order valence-corrected chi connectivity index (χ0v) is 14.1. The van der Waals surface area contributed by atoms with Gasteiger partial charge in [-0.05, 0) is 51.1 Å². The first kappa shape index (κ1) is 18.2. The third kappa shape index (κ3) is 7.63. The van der Waals surface area contributed by atoms with Gasteiger partial charge in [-0.2, -0.15) is 0 Å². The Morgan fingerprint density at radius 3 is 2.38 bits per heavy atom. The number of aryl methyl sites for hydroxylation is 1. The van der Waals surface area contributed by atoms with Gasteiger partial charge in [-0.1, -0.05) is 50.6 Å². The molecule has 2 heteroatoms. The Bertz CT molecular complexity index is 333. The van der Waals surface area contributed by atoms with E-state index in [9.17, 15) is 0 Å². The van der Waals surface area contributed by atoms with Gasteiger partial charge in [0.1, 0.15) is 0 Å². The summed E-state index contributed by atoms with van der Waals surface area (Å²) in [5.41, 5.74) is 1.44. The first-order valence-corrected chi connectivity index (χ1v) is 8.70. The van der Waals surface area contributed by atoms with Gasteiger partial charge in [-0.15, -0.1) is 0 Å². The molecule has 0 saturated heterocycles. The number of nitrogens with one attached hydrogen (secondary N) is 1. The Hall–Kier alpha value is -0.860. The molecule has 0 radical (unpaired) electrons. The lowest BCUT2D eigenvalue weighted by atomic mass is 9.98. The summed E-state index contributed by atoms with van der Waals surface area (Å²) in [7, 11) is 0. The summed E-state index contributed by atoms with van der Waals surface area (Å²) in [4.78, 5) is 0. The average molecular weight is 291 g/mol. The molecule has 0 aliphatic rings. The Balaban J connectivity index is 2.47. The number of hydrogen-bond donors (Lipinski definition) is 1. The maximum atomic E-state index is 5.98. The fourth-order valence-corrected chi connectivity index (χ4v) is 2.82. The topological polar surface area (TPSA) is 21.3 Å². The highest BCUT2D eigenvalue weighted by Crippen LogP contribution is 2.15. The van der Waals surface area contributed by atoms with Crippen molar-refractivity contribution >= 4 is 0 Å². The number of benzene rings is 1. The van der Waals surface area contributed by atoms with Crippen LogP contribution in [0, 0.1) is 0 Å². The van der Waals surface area contributed by atoms with Gasteiger partial charge in [0.2, 0.25) is 0 Å². The van der Waals surface area contributed by atoms with Crippen LogP contribution in [0.1, 0.15) is 58.4 Å². The molecule has 2 unspecified atom stereocenters. The summed E-state index contributed by atoms with van der Waals surface area (Å²) in [5.74, 6) is 0. The molecule has 0 amide bonds. The summed E-state index contributed by atoms with van der Waals surface area (Å²) in [6, 6.07) is 11.3. The van der Waals surface area contributed by atoms with Crippen molar-refractivity contribution in [3.05, 3.63) is 35.9 Å². The van der Waals surface area contributed by atoms with E-state index in [1.807, 2.05) is 0 Å². The lowest BCUT2D eigenvalue weighted by Gasteiger charge is -2.28. The van der Waals surface area contributed by atoms with E-state index in [4.69, 9.17) is 4.74 Å². The van der Waals surface area contributed by atoms with Crippen LogP contribution in [-0.4, -0.2) is 25.3 Å². The molecule has 1 aromatic carbocycles. The van der Waals surface area contributed by atoms with Gasteiger partial charge in [-0.3, -0.25) is 0 Å². The zero-order valence-electron chi connectivity index (χ0n) is 14.1. The van der Waals surface area contributed by atoms with E-state index in [0.717, 1.165) is 26.0 Å². The third-order valence-electron chi connectivity index (χ3n) is 3.88. The fourth-order valence-electron chi connectivity index (χ4n) is 2.82. The second-order valence-corrected chi connectivity index (χ2v) is 5.72.